The van der Waals surface area contributed by atoms with Crippen LogP contribution in [0.1, 0.15) is 35.0 Å². The maximum atomic E-state index is 12.0. The van der Waals surface area contributed by atoms with Crippen LogP contribution >= 0.6 is 0 Å². The summed E-state index contributed by atoms with van der Waals surface area (Å²) >= 11 is 0. The lowest BCUT2D eigenvalue weighted by Crippen LogP contribution is -2.20. The van der Waals surface area contributed by atoms with Crippen LogP contribution < -0.4 is 0 Å². The van der Waals surface area contributed by atoms with Gasteiger partial charge in [-0.1, -0.05) is 6.07 Å². The van der Waals surface area contributed by atoms with Crippen LogP contribution in [0.15, 0.2) is 24.4 Å². The van der Waals surface area contributed by atoms with Gasteiger partial charge in [0.2, 0.25) is 0 Å². The number of esters is 2. The van der Waals surface area contributed by atoms with Crippen molar-refractivity contribution in [2.24, 2.45) is 0 Å². The van der Waals surface area contributed by atoms with E-state index >= 15 is 0 Å². The molecule has 0 bridgehead atoms. The zero-order valence-electron chi connectivity index (χ0n) is 11.7. The van der Waals surface area contributed by atoms with Crippen LogP contribution in [-0.4, -0.2) is 40.3 Å². The van der Waals surface area contributed by atoms with Crippen molar-refractivity contribution in [1.29, 1.82) is 0 Å². The minimum atomic E-state index is -1.01. The Labute approximate surface area is 120 Å². The lowest BCUT2D eigenvalue weighted by atomic mass is 10.3. The third-order valence-electron chi connectivity index (χ3n) is 2.68. The summed E-state index contributed by atoms with van der Waals surface area (Å²) in [6.07, 6.45) is 1.54. The quantitative estimate of drug-likeness (QED) is 0.468. The SMILES string of the molecule is CCOC(=O)C(=O)c1nc(C(=O)OCC)c2ccccn12. The lowest BCUT2D eigenvalue weighted by molar-refractivity contribution is -0.137. The van der Waals surface area contributed by atoms with E-state index in [4.69, 9.17) is 4.74 Å². The van der Waals surface area contributed by atoms with Crippen molar-refractivity contribution in [3.63, 3.8) is 0 Å². The number of nitrogens with zero attached hydrogens (tertiary/aromatic N) is 2. The molecule has 7 nitrogen and oxygen atoms in total. The van der Waals surface area contributed by atoms with E-state index in [1.165, 1.54) is 10.6 Å². The highest BCUT2D eigenvalue weighted by atomic mass is 16.5. The number of carbonyl (C=O) groups is 3. The molecule has 0 fully saturated rings. The molecule has 0 atom stereocenters. The third kappa shape index (κ3) is 2.76. The molecule has 21 heavy (non-hydrogen) atoms. The second-order valence-electron chi connectivity index (χ2n) is 4.01. The summed E-state index contributed by atoms with van der Waals surface area (Å²) in [6, 6.07) is 4.96. The maximum absolute atomic E-state index is 12.0. The number of aromatic nitrogens is 2. The van der Waals surface area contributed by atoms with E-state index in [0.717, 1.165) is 0 Å². The first kappa shape index (κ1) is 14.7. The van der Waals surface area contributed by atoms with Crippen molar-refractivity contribution in [1.82, 2.24) is 9.38 Å². The monoisotopic (exact) mass is 290 g/mol. The van der Waals surface area contributed by atoms with Crippen LogP contribution in [-0.2, 0) is 14.3 Å². The Bertz CT molecular complexity index is 704. The number of pyridine rings is 1. The van der Waals surface area contributed by atoms with Crippen LogP contribution in [0.3, 0.4) is 0 Å². The molecule has 0 aromatic carbocycles. The van der Waals surface area contributed by atoms with Gasteiger partial charge in [0.25, 0.3) is 0 Å². The Morgan fingerprint density at radius 3 is 2.52 bits per heavy atom. The van der Waals surface area contributed by atoms with E-state index in [9.17, 15) is 14.4 Å². The highest BCUT2D eigenvalue weighted by Crippen LogP contribution is 2.15. The van der Waals surface area contributed by atoms with Gasteiger partial charge in [-0.05, 0) is 26.0 Å². The van der Waals surface area contributed by atoms with Crippen LogP contribution in [0.5, 0.6) is 0 Å². The Morgan fingerprint density at radius 2 is 1.86 bits per heavy atom. The second-order valence-corrected chi connectivity index (χ2v) is 4.01. The summed E-state index contributed by atoms with van der Waals surface area (Å²) in [7, 11) is 0. The number of rotatable bonds is 5. The lowest BCUT2D eigenvalue weighted by Gasteiger charge is -2.00. The van der Waals surface area contributed by atoms with Crippen molar-refractivity contribution in [2.45, 2.75) is 13.8 Å². The smallest absolute Gasteiger partial charge is 0.383 e. The number of fused-ring (bicyclic) bond motifs is 1. The molecule has 110 valence electrons. The summed E-state index contributed by atoms with van der Waals surface area (Å²) in [5.74, 6) is -2.74. The minimum absolute atomic E-state index is 0.00917. The van der Waals surface area contributed by atoms with Crippen LogP contribution in [0.2, 0.25) is 0 Å². The van der Waals surface area contributed by atoms with Gasteiger partial charge < -0.3 is 9.47 Å². The van der Waals surface area contributed by atoms with Crippen molar-refractivity contribution in [3.8, 4) is 0 Å². The molecule has 0 N–H and O–H groups in total. The molecule has 2 aromatic heterocycles. The summed E-state index contributed by atoms with van der Waals surface area (Å²) in [5, 5.41) is 0. The Hall–Kier alpha value is -2.70. The molecule has 0 spiro atoms. The topological polar surface area (TPSA) is 87.0 Å². The van der Waals surface area contributed by atoms with Crippen LogP contribution in [0, 0.1) is 0 Å². The molecule has 2 rings (SSSR count). The number of hydrogen-bond donors (Lipinski definition) is 0. The van der Waals surface area contributed by atoms with E-state index in [2.05, 4.69) is 9.72 Å². The fourth-order valence-corrected chi connectivity index (χ4v) is 1.84. The molecule has 0 amide bonds. The van der Waals surface area contributed by atoms with Gasteiger partial charge in [0.15, 0.2) is 11.5 Å². The highest BCUT2D eigenvalue weighted by Gasteiger charge is 2.27. The summed E-state index contributed by atoms with van der Waals surface area (Å²) in [4.78, 5) is 39.4. The molecular weight excluding hydrogens is 276 g/mol. The Morgan fingerprint density at radius 1 is 1.14 bits per heavy atom. The summed E-state index contributed by atoms with van der Waals surface area (Å²) in [6.45, 7) is 3.53. The Kier molecular flexibility index (Phi) is 4.32. The summed E-state index contributed by atoms with van der Waals surface area (Å²) in [5.41, 5.74) is 0.383. The van der Waals surface area contributed by atoms with Crippen molar-refractivity contribution in [2.75, 3.05) is 13.2 Å². The van der Waals surface area contributed by atoms with Gasteiger partial charge in [-0.2, -0.15) is 0 Å². The fourth-order valence-electron chi connectivity index (χ4n) is 1.84. The first-order chi connectivity index (χ1) is 10.1. The van der Waals surface area contributed by atoms with Crippen LogP contribution in [0.25, 0.3) is 5.52 Å². The van der Waals surface area contributed by atoms with Gasteiger partial charge >= 0.3 is 17.7 Å². The number of carbonyl (C=O) groups excluding carboxylic acids is 3. The number of Topliss-reactive ketones (excluding diaryl/α,β-unsaturated/α-hetero) is 1. The standard InChI is InChI=1S/C14H14N2O5/c1-3-20-13(18)10-9-7-5-6-8-16(9)12(15-10)11(17)14(19)21-4-2/h5-8H,3-4H2,1-2H3. The van der Waals surface area contributed by atoms with Crippen molar-refractivity contribution in [3.05, 3.63) is 35.9 Å². The number of hydrogen-bond acceptors (Lipinski definition) is 6. The average Bonchev–Trinajstić information content (AvgIpc) is 2.86. The number of imidazole rings is 1. The zero-order valence-corrected chi connectivity index (χ0v) is 11.7. The molecule has 0 saturated carbocycles. The van der Waals surface area contributed by atoms with E-state index in [-0.39, 0.29) is 24.7 Å². The first-order valence-corrected chi connectivity index (χ1v) is 6.45. The largest absolute Gasteiger partial charge is 0.461 e. The third-order valence-corrected chi connectivity index (χ3v) is 2.68. The van der Waals surface area contributed by atoms with Gasteiger partial charge in [-0.25, -0.2) is 14.6 Å². The molecule has 0 saturated heterocycles. The van der Waals surface area contributed by atoms with Crippen molar-refractivity contribution >= 4 is 23.2 Å². The predicted octanol–water partition coefficient (Wildman–Crippen LogP) is 1.26. The molecule has 0 unspecified atom stereocenters. The molecule has 0 aliphatic heterocycles. The van der Waals surface area contributed by atoms with Gasteiger partial charge in [-0.3, -0.25) is 9.20 Å². The van der Waals surface area contributed by atoms with Crippen LogP contribution in [0.4, 0.5) is 0 Å². The zero-order chi connectivity index (χ0) is 15.4. The first-order valence-electron chi connectivity index (χ1n) is 6.45. The molecule has 7 heteroatoms. The molecule has 0 aliphatic rings. The molecule has 0 aliphatic carbocycles. The van der Waals surface area contributed by atoms with Gasteiger partial charge in [0.1, 0.15) is 0 Å². The predicted molar refractivity (Wildman–Crippen MR) is 72.1 cm³/mol. The number of ether oxygens (including phenoxy) is 2. The molecular formula is C14H14N2O5. The normalized spacial score (nSPS) is 10.4. The minimum Gasteiger partial charge on any atom is -0.461 e. The highest BCUT2D eigenvalue weighted by molar-refractivity contribution is 6.39. The fraction of sp³-hybridized carbons (Fsp3) is 0.286. The average molecular weight is 290 g/mol. The van der Waals surface area contributed by atoms with Gasteiger partial charge in [-0.15, -0.1) is 0 Å². The van der Waals surface area contributed by atoms with E-state index in [1.54, 1.807) is 32.0 Å². The van der Waals surface area contributed by atoms with Gasteiger partial charge in [0.05, 0.1) is 18.7 Å². The number of ketones is 1. The van der Waals surface area contributed by atoms with Gasteiger partial charge in [0, 0.05) is 6.20 Å². The maximum Gasteiger partial charge on any atom is 0.383 e. The van der Waals surface area contributed by atoms with E-state index in [1.807, 2.05) is 0 Å². The Balaban J connectivity index is 2.52. The van der Waals surface area contributed by atoms with Crippen molar-refractivity contribution < 1.29 is 23.9 Å². The second kappa shape index (κ2) is 6.17. The van der Waals surface area contributed by atoms with E-state index < -0.39 is 17.7 Å². The summed E-state index contributed by atoms with van der Waals surface area (Å²) < 4.78 is 10.9. The van der Waals surface area contributed by atoms with E-state index in [0.29, 0.717) is 5.52 Å². The molecule has 2 heterocycles. The molecule has 2 aromatic rings. The molecule has 0 radical (unpaired) electrons.